The van der Waals surface area contributed by atoms with E-state index in [9.17, 15) is 25.2 Å². The molecule has 0 bridgehead atoms. The van der Waals surface area contributed by atoms with Gasteiger partial charge in [-0.3, -0.25) is 4.79 Å². The summed E-state index contributed by atoms with van der Waals surface area (Å²) in [5.74, 6) is 0.0765. The average molecular weight is 438 g/mol. The molecule has 0 saturated carbocycles. The number of rotatable bonds is 4. The van der Waals surface area contributed by atoms with Gasteiger partial charge >= 0.3 is 0 Å². The lowest BCUT2D eigenvalue weighted by Crippen LogP contribution is -2.38. The predicted octanol–water partition coefficient (Wildman–Crippen LogP) is 3.73. The summed E-state index contributed by atoms with van der Waals surface area (Å²) in [6.45, 7) is 6.65. The van der Waals surface area contributed by atoms with Crippen LogP contribution in [0.25, 0.3) is 28.2 Å². The first-order chi connectivity index (χ1) is 14.9. The van der Waals surface area contributed by atoms with Gasteiger partial charge in [-0.15, -0.1) is 0 Å². The number of hydrogen-bond acceptors (Lipinski definition) is 7. The Morgan fingerprint density at radius 2 is 1.78 bits per heavy atom. The third-order valence-corrected chi connectivity index (χ3v) is 5.69. The first-order valence-electron chi connectivity index (χ1n) is 10.3. The molecule has 32 heavy (non-hydrogen) atoms. The van der Waals surface area contributed by atoms with Crippen LogP contribution in [0.4, 0.5) is 0 Å². The second-order valence-corrected chi connectivity index (χ2v) is 9.21. The predicted molar refractivity (Wildman–Crippen MR) is 121 cm³/mol. The summed E-state index contributed by atoms with van der Waals surface area (Å²) in [5, 5.41) is 41.4. The van der Waals surface area contributed by atoms with E-state index in [4.69, 9.17) is 9.15 Å². The molecule has 1 aliphatic heterocycles. The van der Waals surface area contributed by atoms with Crippen LogP contribution in [0.2, 0.25) is 0 Å². The summed E-state index contributed by atoms with van der Waals surface area (Å²) in [5.41, 5.74) is -1.06. The second-order valence-electron chi connectivity index (χ2n) is 9.21. The van der Waals surface area contributed by atoms with E-state index in [1.807, 2.05) is 13.8 Å². The minimum Gasteiger partial charge on any atom is -0.508 e. The molecule has 2 aromatic carbocycles. The number of aliphatic hydroxyl groups excluding tert-OH is 1. The van der Waals surface area contributed by atoms with Gasteiger partial charge in [0.25, 0.3) is 0 Å². The smallest absolute Gasteiger partial charge is 0.204 e. The standard InChI is InChI=1S/C25H26O7/c1-24(2)10-9-15-20(28)19-21(29)17(13-5-7-14(26)8-6-13)12-31-23(19)16(22(15)32-24)11-18(27)25(3,4)30/h5-10,12,18,26-28,30H,11H2,1-4H3/t18-/m1/s1. The van der Waals surface area contributed by atoms with Gasteiger partial charge in [0, 0.05) is 12.0 Å². The molecule has 0 unspecified atom stereocenters. The van der Waals surface area contributed by atoms with Crippen molar-refractivity contribution in [1.29, 1.82) is 0 Å². The summed E-state index contributed by atoms with van der Waals surface area (Å²) in [6, 6.07) is 6.06. The Bertz CT molecular complexity index is 1280. The SMILES string of the molecule is CC1(C)C=Cc2c(c(C[C@@H](O)C(C)(C)O)c3occ(-c4ccc(O)cc4)c(=O)c3c2O)O1. The van der Waals surface area contributed by atoms with E-state index in [1.165, 1.54) is 32.2 Å². The molecule has 3 aromatic rings. The zero-order valence-corrected chi connectivity index (χ0v) is 18.3. The van der Waals surface area contributed by atoms with Crippen molar-refractivity contribution in [3.63, 3.8) is 0 Å². The molecule has 0 amide bonds. The number of fused-ring (bicyclic) bond motifs is 2. The summed E-state index contributed by atoms with van der Waals surface area (Å²) < 4.78 is 11.9. The maximum atomic E-state index is 13.4. The fourth-order valence-electron chi connectivity index (χ4n) is 3.73. The van der Waals surface area contributed by atoms with Crippen LogP contribution in [-0.4, -0.2) is 37.7 Å². The molecule has 1 atom stereocenters. The van der Waals surface area contributed by atoms with Crippen molar-refractivity contribution in [1.82, 2.24) is 0 Å². The molecular weight excluding hydrogens is 412 g/mol. The van der Waals surface area contributed by atoms with Crippen LogP contribution in [0.3, 0.4) is 0 Å². The Kier molecular flexibility index (Phi) is 5.07. The molecule has 0 saturated heterocycles. The number of phenolic OH excluding ortho intramolecular Hbond substituents is 2. The molecule has 0 fully saturated rings. The number of aromatic hydroxyl groups is 2. The van der Waals surface area contributed by atoms with Crippen molar-refractivity contribution in [2.24, 2.45) is 0 Å². The molecule has 1 aliphatic rings. The van der Waals surface area contributed by atoms with Crippen LogP contribution < -0.4 is 10.2 Å². The largest absolute Gasteiger partial charge is 0.508 e. The average Bonchev–Trinajstić information content (AvgIpc) is 2.70. The quantitative estimate of drug-likeness (QED) is 0.490. The Morgan fingerprint density at radius 1 is 1.12 bits per heavy atom. The number of benzene rings is 2. The molecule has 1 aromatic heterocycles. The highest BCUT2D eigenvalue weighted by Gasteiger charge is 2.34. The maximum absolute atomic E-state index is 13.4. The van der Waals surface area contributed by atoms with E-state index in [0.29, 0.717) is 22.4 Å². The van der Waals surface area contributed by atoms with E-state index >= 15 is 0 Å². The van der Waals surface area contributed by atoms with Gasteiger partial charge in [0.15, 0.2) is 0 Å². The first-order valence-corrected chi connectivity index (χ1v) is 10.3. The molecule has 4 rings (SSSR count). The number of ether oxygens (including phenoxy) is 1. The van der Waals surface area contributed by atoms with Crippen molar-refractivity contribution in [3.8, 4) is 28.4 Å². The molecule has 0 aliphatic carbocycles. The summed E-state index contributed by atoms with van der Waals surface area (Å²) in [4.78, 5) is 13.4. The van der Waals surface area contributed by atoms with Crippen LogP contribution in [0.15, 0.2) is 45.8 Å². The minimum atomic E-state index is -1.41. The molecular formula is C25H26O7. The first kappa shape index (κ1) is 21.9. The molecule has 7 heteroatoms. The van der Waals surface area contributed by atoms with E-state index in [2.05, 4.69) is 0 Å². The Hall–Kier alpha value is -3.29. The third-order valence-electron chi connectivity index (χ3n) is 5.69. The van der Waals surface area contributed by atoms with Gasteiger partial charge in [-0.25, -0.2) is 0 Å². The molecule has 0 radical (unpaired) electrons. The minimum absolute atomic E-state index is 0.0415. The Balaban J connectivity index is 2.03. The normalized spacial score (nSPS) is 15.9. The fourth-order valence-corrected chi connectivity index (χ4v) is 3.73. The van der Waals surface area contributed by atoms with Gasteiger partial charge < -0.3 is 29.6 Å². The lowest BCUT2D eigenvalue weighted by atomic mass is 9.89. The van der Waals surface area contributed by atoms with Crippen molar-refractivity contribution in [3.05, 3.63) is 58.0 Å². The van der Waals surface area contributed by atoms with Crippen molar-refractivity contribution in [2.75, 3.05) is 0 Å². The number of aliphatic hydroxyl groups is 2. The fraction of sp³-hybridized carbons (Fsp3) is 0.320. The monoisotopic (exact) mass is 438 g/mol. The van der Waals surface area contributed by atoms with Crippen LogP contribution in [0, 0.1) is 0 Å². The van der Waals surface area contributed by atoms with Crippen LogP contribution >= 0.6 is 0 Å². The molecule has 2 heterocycles. The zero-order chi connectivity index (χ0) is 23.4. The van der Waals surface area contributed by atoms with Crippen molar-refractivity contribution >= 4 is 17.0 Å². The Morgan fingerprint density at radius 3 is 2.41 bits per heavy atom. The van der Waals surface area contributed by atoms with Gasteiger partial charge in [0.2, 0.25) is 5.43 Å². The van der Waals surface area contributed by atoms with Crippen LogP contribution in [0.5, 0.6) is 17.2 Å². The molecule has 0 spiro atoms. The van der Waals surface area contributed by atoms with E-state index in [0.717, 1.165) is 0 Å². The lowest BCUT2D eigenvalue weighted by molar-refractivity contribution is -0.0472. The molecule has 7 nitrogen and oxygen atoms in total. The Labute approximate surface area is 184 Å². The van der Waals surface area contributed by atoms with Crippen LogP contribution in [0.1, 0.15) is 38.8 Å². The van der Waals surface area contributed by atoms with Crippen molar-refractivity contribution < 1.29 is 29.6 Å². The zero-order valence-electron chi connectivity index (χ0n) is 18.3. The highest BCUT2D eigenvalue weighted by atomic mass is 16.5. The molecule has 4 N–H and O–H groups in total. The van der Waals surface area contributed by atoms with Crippen LogP contribution in [-0.2, 0) is 6.42 Å². The van der Waals surface area contributed by atoms with Gasteiger partial charge in [-0.2, -0.15) is 0 Å². The second kappa shape index (κ2) is 7.39. The maximum Gasteiger partial charge on any atom is 0.204 e. The van der Waals surface area contributed by atoms with E-state index in [1.54, 1.807) is 24.3 Å². The van der Waals surface area contributed by atoms with Gasteiger partial charge in [-0.05, 0) is 57.5 Å². The van der Waals surface area contributed by atoms with Gasteiger partial charge in [0.05, 0.1) is 22.8 Å². The number of hydrogen-bond donors (Lipinski definition) is 4. The third kappa shape index (κ3) is 3.74. The summed E-state index contributed by atoms with van der Waals surface area (Å²) in [7, 11) is 0. The highest BCUT2D eigenvalue weighted by Crippen LogP contribution is 2.45. The summed E-state index contributed by atoms with van der Waals surface area (Å²) >= 11 is 0. The summed E-state index contributed by atoms with van der Waals surface area (Å²) in [6.07, 6.45) is 3.49. The van der Waals surface area contributed by atoms with Crippen molar-refractivity contribution in [2.45, 2.75) is 51.4 Å². The van der Waals surface area contributed by atoms with Gasteiger partial charge in [-0.1, -0.05) is 12.1 Å². The number of phenols is 2. The van der Waals surface area contributed by atoms with Gasteiger partial charge in [0.1, 0.15) is 40.1 Å². The lowest BCUT2D eigenvalue weighted by Gasteiger charge is -2.32. The highest BCUT2D eigenvalue weighted by molar-refractivity contribution is 5.95. The van der Waals surface area contributed by atoms with E-state index < -0.39 is 22.7 Å². The molecule has 168 valence electrons. The topological polar surface area (TPSA) is 120 Å². The van der Waals surface area contributed by atoms with E-state index in [-0.39, 0.29) is 34.5 Å².